The Labute approximate surface area is 138 Å². The molecule has 0 aliphatic rings. The number of H-pyrrole nitrogens is 1. The molecule has 2 heterocycles. The van der Waals surface area contributed by atoms with Crippen molar-refractivity contribution in [2.45, 2.75) is 6.42 Å². The smallest absolute Gasteiger partial charge is 0.258 e. The summed E-state index contributed by atoms with van der Waals surface area (Å²) in [6.07, 6.45) is 2.27. The molecule has 0 bridgehead atoms. The first-order valence-electron chi connectivity index (χ1n) is 6.36. The van der Waals surface area contributed by atoms with Crippen molar-refractivity contribution >= 4 is 38.2 Å². The Kier molecular flexibility index (Phi) is 4.12. The number of fused-ring (bicyclic) bond motifs is 1. The maximum atomic E-state index is 12.2. The summed E-state index contributed by atoms with van der Waals surface area (Å²) in [5.41, 5.74) is 0.365. The molecule has 0 saturated carbocycles. The van der Waals surface area contributed by atoms with Crippen LogP contribution in [0.4, 0.5) is 0 Å². The van der Waals surface area contributed by atoms with Gasteiger partial charge in [0.15, 0.2) is 15.4 Å². The summed E-state index contributed by atoms with van der Waals surface area (Å²) in [4.78, 5) is 24.7. The number of hydrogen-bond donors (Lipinski definition) is 1. The molecule has 0 saturated heterocycles. The summed E-state index contributed by atoms with van der Waals surface area (Å²) < 4.78 is 11.3. The molecule has 114 valence electrons. The molecule has 0 aliphatic carbocycles. The van der Waals surface area contributed by atoms with Crippen molar-refractivity contribution < 1.29 is 9.47 Å². The molecule has 0 atom stereocenters. The number of ether oxygens (including phenoxy) is 2. The van der Waals surface area contributed by atoms with Crippen molar-refractivity contribution in [3.05, 3.63) is 43.3 Å². The fraction of sp³-hybridized carbons (Fsp3) is 0.214. The molecule has 22 heavy (non-hydrogen) atoms. The maximum Gasteiger partial charge on any atom is 0.258 e. The predicted molar refractivity (Wildman–Crippen MR) is 88.1 cm³/mol. The lowest BCUT2D eigenvalue weighted by atomic mass is 10.2. The van der Waals surface area contributed by atoms with Crippen LogP contribution in [0.15, 0.2) is 27.0 Å². The molecule has 0 fully saturated rings. The number of halogens is 1. The highest BCUT2D eigenvalue weighted by molar-refractivity contribution is 9.11. The van der Waals surface area contributed by atoms with Crippen LogP contribution in [0.2, 0.25) is 0 Å². The minimum atomic E-state index is -0.204. The average Bonchev–Trinajstić information content (AvgIpc) is 2.91. The Balaban J connectivity index is 2.09. The number of aromatic nitrogens is 3. The van der Waals surface area contributed by atoms with Crippen molar-refractivity contribution in [3.63, 3.8) is 0 Å². The SMILES string of the molecule is COc1cc2nc(Cc3cnc(Br)s3)[nH]c(=O)c2cc1OC. The number of rotatable bonds is 4. The second kappa shape index (κ2) is 6.05. The molecule has 0 amide bonds. The molecule has 6 nitrogen and oxygen atoms in total. The number of hydrogen-bond acceptors (Lipinski definition) is 6. The first-order valence-corrected chi connectivity index (χ1v) is 7.97. The van der Waals surface area contributed by atoms with Gasteiger partial charge in [-0.25, -0.2) is 9.97 Å². The van der Waals surface area contributed by atoms with Crippen LogP contribution >= 0.6 is 27.3 Å². The largest absolute Gasteiger partial charge is 0.493 e. The molecule has 1 aromatic carbocycles. The van der Waals surface area contributed by atoms with E-state index >= 15 is 0 Å². The zero-order valence-corrected chi connectivity index (χ0v) is 14.2. The number of methoxy groups -OCH3 is 2. The molecular formula is C14H12BrN3O3S. The normalized spacial score (nSPS) is 10.9. The van der Waals surface area contributed by atoms with Gasteiger partial charge in [0.05, 0.1) is 25.1 Å². The minimum Gasteiger partial charge on any atom is -0.493 e. The van der Waals surface area contributed by atoms with Crippen LogP contribution in [-0.2, 0) is 6.42 Å². The van der Waals surface area contributed by atoms with Gasteiger partial charge >= 0.3 is 0 Å². The van der Waals surface area contributed by atoms with E-state index in [1.165, 1.54) is 18.4 Å². The van der Waals surface area contributed by atoms with Crippen LogP contribution in [-0.4, -0.2) is 29.2 Å². The number of nitrogens with zero attached hydrogens (tertiary/aromatic N) is 2. The van der Waals surface area contributed by atoms with E-state index in [4.69, 9.17) is 9.47 Å². The summed E-state index contributed by atoms with van der Waals surface area (Å²) in [6.45, 7) is 0. The predicted octanol–water partition coefficient (Wildman–Crippen LogP) is 2.75. The van der Waals surface area contributed by atoms with Crippen LogP contribution in [0, 0.1) is 0 Å². The highest BCUT2D eigenvalue weighted by Gasteiger charge is 2.11. The van der Waals surface area contributed by atoms with Crippen molar-refractivity contribution in [1.82, 2.24) is 15.0 Å². The lowest BCUT2D eigenvalue weighted by molar-refractivity contribution is 0.355. The topological polar surface area (TPSA) is 77.1 Å². The van der Waals surface area contributed by atoms with Gasteiger partial charge in [-0.2, -0.15) is 0 Å². The number of nitrogens with one attached hydrogen (secondary N) is 1. The monoisotopic (exact) mass is 381 g/mol. The molecule has 0 spiro atoms. The zero-order chi connectivity index (χ0) is 15.7. The maximum absolute atomic E-state index is 12.2. The van der Waals surface area contributed by atoms with E-state index in [0.717, 1.165) is 8.79 Å². The highest BCUT2D eigenvalue weighted by atomic mass is 79.9. The fourth-order valence-electron chi connectivity index (χ4n) is 2.13. The molecule has 3 rings (SSSR count). The third-order valence-electron chi connectivity index (χ3n) is 3.13. The van der Waals surface area contributed by atoms with E-state index in [1.54, 1.807) is 25.4 Å². The number of aromatic amines is 1. The molecule has 0 radical (unpaired) electrons. The van der Waals surface area contributed by atoms with Gasteiger partial charge in [-0.1, -0.05) is 0 Å². The quantitative estimate of drug-likeness (QED) is 0.751. The van der Waals surface area contributed by atoms with Gasteiger partial charge in [-0.05, 0) is 22.0 Å². The Morgan fingerprint density at radius 1 is 1.27 bits per heavy atom. The van der Waals surface area contributed by atoms with Crippen molar-refractivity contribution in [2.75, 3.05) is 14.2 Å². The average molecular weight is 382 g/mol. The second-order valence-corrected chi connectivity index (χ2v) is 6.88. The van der Waals surface area contributed by atoms with Crippen LogP contribution in [0.3, 0.4) is 0 Å². The second-order valence-electron chi connectivity index (χ2n) is 4.49. The molecule has 8 heteroatoms. The van der Waals surface area contributed by atoms with E-state index in [-0.39, 0.29) is 5.56 Å². The first kappa shape index (κ1) is 15.0. The Morgan fingerprint density at radius 3 is 2.64 bits per heavy atom. The van der Waals surface area contributed by atoms with E-state index in [9.17, 15) is 4.79 Å². The van der Waals surface area contributed by atoms with Crippen LogP contribution < -0.4 is 15.0 Å². The van der Waals surface area contributed by atoms with E-state index in [0.29, 0.717) is 34.6 Å². The Morgan fingerprint density at radius 2 is 2.00 bits per heavy atom. The number of thiazole rings is 1. The standard InChI is InChI=1S/C14H12BrN3O3S/c1-20-10-4-8-9(5-11(10)21-2)17-12(18-13(8)19)3-7-6-16-14(15)22-7/h4-6H,3H2,1-2H3,(H,17,18,19). The third kappa shape index (κ3) is 2.84. The van der Waals surface area contributed by atoms with Crippen molar-refractivity contribution in [2.24, 2.45) is 0 Å². The van der Waals surface area contributed by atoms with E-state index in [2.05, 4.69) is 30.9 Å². The van der Waals surface area contributed by atoms with Gasteiger partial charge < -0.3 is 14.5 Å². The van der Waals surface area contributed by atoms with E-state index in [1.807, 2.05) is 0 Å². The van der Waals surface area contributed by atoms with Gasteiger partial charge in [0.25, 0.3) is 5.56 Å². The summed E-state index contributed by atoms with van der Waals surface area (Å²) >= 11 is 4.83. The lowest BCUT2D eigenvalue weighted by Gasteiger charge is -2.09. The summed E-state index contributed by atoms with van der Waals surface area (Å²) in [6, 6.07) is 3.34. The third-order valence-corrected chi connectivity index (χ3v) is 4.60. The summed E-state index contributed by atoms with van der Waals surface area (Å²) in [5.74, 6) is 1.63. The fourth-order valence-corrected chi connectivity index (χ4v) is 3.49. The van der Waals surface area contributed by atoms with Crippen molar-refractivity contribution in [1.29, 1.82) is 0 Å². The van der Waals surface area contributed by atoms with Crippen LogP contribution in [0.25, 0.3) is 10.9 Å². The minimum absolute atomic E-state index is 0.204. The van der Waals surface area contributed by atoms with Gasteiger partial charge in [0.2, 0.25) is 0 Å². The van der Waals surface area contributed by atoms with Gasteiger partial charge in [-0.15, -0.1) is 11.3 Å². The molecule has 1 N–H and O–H groups in total. The molecule has 0 unspecified atom stereocenters. The molecule has 3 aromatic rings. The number of benzene rings is 1. The van der Waals surface area contributed by atoms with Crippen molar-refractivity contribution in [3.8, 4) is 11.5 Å². The van der Waals surface area contributed by atoms with Gasteiger partial charge in [-0.3, -0.25) is 4.79 Å². The zero-order valence-electron chi connectivity index (χ0n) is 11.8. The Bertz CT molecular complexity index is 891. The van der Waals surface area contributed by atoms with Crippen LogP contribution in [0.5, 0.6) is 11.5 Å². The van der Waals surface area contributed by atoms with Gasteiger partial charge in [0, 0.05) is 23.6 Å². The summed E-state index contributed by atoms with van der Waals surface area (Å²) in [7, 11) is 3.08. The summed E-state index contributed by atoms with van der Waals surface area (Å²) in [5, 5.41) is 0.465. The molecule has 2 aromatic heterocycles. The highest BCUT2D eigenvalue weighted by Crippen LogP contribution is 2.30. The Hall–Kier alpha value is -1.93. The molecule has 0 aliphatic heterocycles. The lowest BCUT2D eigenvalue weighted by Crippen LogP contribution is -2.12. The van der Waals surface area contributed by atoms with Gasteiger partial charge in [0.1, 0.15) is 5.82 Å². The van der Waals surface area contributed by atoms with E-state index < -0.39 is 0 Å². The molecular weight excluding hydrogens is 370 g/mol. The van der Waals surface area contributed by atoms with Crippen LogP contribution in [0.1, 0.15) is 10.7 Å². The first-order chi connectivity index (χ1) is 10.6.